The zero-order valence-electron chi connectivity index (χ0n) is 12.7. The van der Waals surface area contributed by atoms with Crippen LogP contribution in [0.3, 0.4) is 0 Å². The van der Waals surface area contributed by atoms with E-state index in [-0.39, 0.29) is 11.4 Å². The second-order valence-electron chi connectivity index (χ2n) is 5.11. The smallest absolute Gasteiger partial charge is 0.225 e. The topological polar surface area (TPSA) is 87.6 Å². The minimum atomic E-state index is 0.146. The number of nitrogens with one attached hydrogen (secondary N) is 1. The summed E-state index contributed by atoms with van der Waals surface area (Å²) in [7, 11) is 0. The van der Waals surface area contributed by atoms with Crippen molar-refractivity contribution in [2.24, 2.45) is 0 Å². The summed E-state index contributed by atoms with van der Waals surface area (Å²) in [5, 5.41) is 13.1. The molecule has 0 amide bonds. The molecule has 0 fully saturated rings. The van der Waals surface area contributed by atoms with E-state index in [4.69, 9.17) is 17.3 Å². The second kappa shape index (κ2) is 6.99. The van der Waals surface area contributed by atoms with E-state index in [1.807, 2.05) is 30.3 Å². The van der Waals surface area contributed by atoms with E-state index in [9.17, 15) is 5.26 Å². The lowest BCUT2D eigenvalue weighted by Crippen LogP contribution is -2.08. The summed E-state index contributed by atoms with van der Waals surface area (Å²) in [5.41, 5.74) is 8.52. The predicted octanol–water partition coefficient (Wildman–Crippen LogP) is 3.86. The van der Waals surface area contributed by atoms with E-state index in [2.05, 4.69) is 21.4 Å². The van der Waals surface area contributed by atoms with Crippen LogP contribution in [-0.2, 0) is 6.54 Å². The highest BCUT2D eigenvalue weighted by Gasteiger charge is 2.14. The van der Waals surface area contributed by atoms with Crippen LogP contribution in [0.15, 0.2) is 54.6 Å². The number of hydrogen-bond acceptors (Lipinski definition) is 5. The molecule has 0 aliphatic carbocycles. The Hall–Kier alpha value is -3.10. The van der Waals surface area contributed by atoms with Crippen LogP contribution < -0.4 is 11.1 Å². The van der Waals surface area contributed by atoms with Crippen LogP contribution in [-0.4, -0.2) is 9.97 Å². The zero-order valence-corrected chi connectivity index (χ0v) is 13.5. The number of hydrogen-bond donors (Lipinski definition) is 2. The Balaban J connectivity index is 1.94. The van der Waals surface area contributed by atoms with Gasteiger partial charge in [0.1, 0.15) is 17.5 Å². The van der Waals surface area contributed by atoms with Gasteiger partial charge < -0.3 is 11.1 Å². The van der Waals surface area contributed by atoms with Crippen LogP contribution in [0.1, 0.15) is 11.1 Å². The van der Waals surface area contributed by atoms with Crippen molar-refractivity contribution in [3.05, 3.63) is 70.7 Å². The van der Waals surface area contributed by atoms with E-state index >= 15 is 0 Å². The van der Waals surface area contributed by atoms with Crippen LogP contribution >= 0.6 is 11.6 Å². The van der Waals surface area contributed by atoms with Gasteiger partial charge in [-0.25, -0.2) is 4.98 Å². The van der Waals surface area contributed by atoms with Crippen molar-refractivity contribution in [3.8, 4) is 17.3 Å². The summed E-state index contributed by atoms with van der Waals surface area (Å²) in [6.07, 6.45) is 0. The average molecular weight is 336 g/mol. The van der Waals surface area contributed by atoms with Gasteiger partial charge in [-0.15, -0.1) is 0 Å². The maximum atomic E-state index is 9.36. The molecule has 1 aromatic heterocycles. The number of benzene rings is 2. The van der Waals surface area contributed by atoms with Gasteiger partial charge in [0, 0.05) is 17.1 Å². The van der Waals surface area contributed by atoms with Crippen molar-refractivity contribution in [1.82, 2.24) is 9.97 Å². The molecule has 118 valence electrons. The molecule has 0 atom stereocenters. The molecule has 2 aromatic carbocycles. The van der Waals surface area contributed by atoms with Crippen LogP contribution in [0.25, 0.3) is 11.3 Å². The van der Waals surface area contributed by atoms with Crippen molar-refractivity contribution in [2.75, 3.05) is 11.1 Å². The molecule has 0 unspecified atom stereocenters. The lowest BCUT2D eigenvalue weighted by Gasteiger charge is -2.10. The third kappa shape index (κ3) is 3.45. The summed E-state index contributed by atoms with van der Waals surface area (Å²) in [4.78, 5) is 8.62. The van der Waals surface area contributed by atoms with Crippen LogP contribution in [0.4, 0.5) is 11.8 Å². The van der Waals surface area contributed by atoms with Gasteiger partial charge >= 0.3 is 0 Å². The Bertz CT molecular complexity index is 886. The quantitative estimate of drug-likeness (QED) is 0.755. The number of aromatic nitrogens is 2. The molecule has 3 aromatic rings. The van der Waals surface area contributed by atoms with E-state index in [0.717, 1.165) is 11.1 Å². The second-order valence-corrected chi connectivity index (χ2v) is 5.55. The molecule has 0 aliphatic rings. The molecular formula is C18H14ClN5. The van der Waals surface area contributed by atoms with Gasteiger partial charge in [0.05, 0.1) is 5.69 Å². The van der Waals surface area contributed by atoms with Crippen LogP contribution in [0.5, 0.6) is 0 Å². The maximum Gasteiger partial charge on any atom is 0.225 e. The lowest BCUT2D eigenvalue weighted by atomic mass is 10.1. The van der Waals surface area contributed by atoms with Gasteiger partial charge in [-0.1, -0.05) is 54.1 Å². The van der Waals surface area contributed by atoms with Gasteiger partial charge in [0.25, 0.3) is 0 Å². The third-order valence-electron chi connectivity index (χ3n) is 3.46. The highest BCUT2D eigenvalue weighted by atomic mass is 35.5. The zero-order chi connectivity index (χ0) is 16.9. The fraction of sp³-hybridized carbons (Fsp3) is 0.0556. The number of halogens is 1. The van der Waals surface area contributed by atoms with Gasteiger partial charge in [0.2, 0.25) is 5.95 Å². The Kier molecular flexibility index (Phi) is 4.59. The number of nitriles is 1. The highest BCUT2D eigenvalue weighted by Crippen LogP contribution is 2.27. The molecule has 0 saturated carbocycles. The fourth-order valence-corrected chi connectivity index (χ4v) is 2.39. The van der Waals surface area contributed by atoms with Crippen LogP contribution in [0, 0.1) is 11.3 Å². The number of nitrogen functional groups attached to an aromatic ring is 1. The van der Waals surface area contributed by atoms with Crippen LogP contribution in [0.2, 0.25) is 5.02 Å². The number of nitrogens with zero attached hydrogens (tertiary/aromatic N) is 3. The van der Waals surface area contributed by atoms with Crippen molar-refractivity contribution in [3.63, 3.8) is 0 Å². The van der Waals surface area contributed by atoms with Gasteiger partial charge in [-0.2, -0.15) is 10.2 Å². The maximum absolute atomic E-state index is 9.36. The largest absolute Gasteiger partial charge is 0.382 e. The Labute approximate surface area is 144 Å². The van der Waals surface area contributed by atoms with E-state index < -0.39 is 0 Å². The average Bonchev–Trinajstić information content (AvgIpc) is 2.61. The molecular weight excluding hydrogens is 322 g/mol. The van der Waals surface area contributed by atoms with Gasteiger partial charge in [0.15, 0.2) is 0 Å². The van der Waals surface area contributed by atoms with Gasteiger partial charge in [-0.3, -0.25) is 0 Å². The molecule has 5 nitrogen and oxygen atoms in total. The monoisotopic (exact) mass is 335 g/mol. The van der Waals surface area contributed by atoms with E-state index in [1.54, 1.807) is 24.3 Å². The summed E-state index contributed by atoms with van der Waals surface area (Å²) in [6.45, 7) is 0.562. The Morgan fingerprint density at radius 2 is 1.75 bits per heavy atom. The molecule has 3 rings (SSSR count). The summed E-state index contributed by atoms with van der Waals surface area (Å²) in [5.74, 6) is 0.522. The molecule has 0 spiro atoms. The lowest BCUT2D eigenvalue weighted by molar-refractivity contribution is 1.06. The Morgan fingerprint density at radius 3 is 2.42 bits per heavy atom. The minimum absolute atomic E-state index is 0.146. The standard InChI is InChI=1S/C18H14ClN5/c19-14-8-6-13(7-9-14)16-15(10-20)17(21)24-18(23-16)22-11-12-4-2-1-3-5-12/h1-9H,11H2,(H3,21,22,23,24). The summed E-state index contributed by atoms with van der Waals surface area (Å²) < 4.78 is 0. The predicted molar refractivity (Wildman–Crippen MR) is 95.4 cm³/mol. The first-order valence-corrected chi connectivity index (χ1v) is 7.66. The molecule has 3 N–H and O–H groups in total. The number of nitrogens with two attached hydrogens (primary N) is 1. The van der Waals surface area contributed by atoms with Crippen molar-refractivity contribution < 1.29 is 0 Å². The SMILES string of the molecule is N#Cc1c(N)nc(NCc2ccccc2)nc1-c1ccc(Cl)cc1. The van der Waals surface area contributed by atoms with Gasteiger partial charge in [-0.05, 0) is 17.7 Å². The van der Waals surface area contributed by atoms with E-state index in [0.29, 0.717) is 23.2 Å². The molecule has 0 aliphatic heterocycles. The first kappa shape index (κ1) is 15.8. The Morgan fingerprint density at radius 1 is 1.04 bits per heavy atom. The first-order chi connectivity index (χ1) is 11.7. The molecule has 0 bridgehead atoms. The van der Waals surface area contributed by atoms with Crippen molar-refractivity contribution in [2.45, 2.75) is 6.54 Å². The normalized spacial score (nSPS) is 10.2. The molecule has 1 heterocycles. The molecule has 0 radical (unpaired) electrons. The molecule has 0 saturated heterocycles. The number of anilines is 2. The number of rotatable bonds is 4. The van der Waals surface area contributed by atoms with Crippen molar-refractivity contribution >= 4 is 23.4 Å². The summed E-state index contributed by atoms with van der Waals surface area (Å²) >= 11 is 5.92. The fourth-order valence-electron chi connectivity index (χ4n) is 2.26. The van der Waals surface area contributed by atoms with E-state index in [1.165, 1.54) is 0 Å². The third-order valence-corrected chi connectivity index (χ3v) is 3.71. The first-order valence-electron chi connectivity index (χ1n) is 7.28. The molecule has 6 heteroatoms. The minimum Gasteiger partial charge on any atom is -0.382 e. The van der Waals surface area contributed by atoms with Crippen molar-refractivity contribution in [1.29, 1.82) is 5.26 Å². The highest BCUT2D eigenvalue weighted by molar-refractivity contribution is 6.30. The molecule has 24 heavy (non-hydrogen) atoms. The summed E-state index contributed by atoms with van der Waals surface area (Å²) in [6, 6.07) is 19.0.